The van der Waals surface area contributed by atoms with Crippen molar-refractivity contribution in [3.05, 3.63) is 48.5 Å². The number of para-hydroxylation sites is 2. The quantitative estimate of drug-likeness (QED) is 0.327. The van der Waals surface area contributed by atoms with Crippen LogP contribution < -0.4 is 4.90 Å². The van der Waals surface area contributed by atoms with E-state index in [9.17, 15) is 4.79 Å². The number of benzene rings is 2. The summed E-state index contributed by atoms with van der Waals surface area (Å²) < 4.78 is 0. The second-order valence-corrected chi connectivity index (χ2v) is 9.14. The highest BCUT2D eigenvalue weighted by atomic mass is 32.2. The van der Waals surface area contributed by atoms with Gasteiger partial charge in [0.15, 0.2) is 0 Å². The van der Waals surface area contributed by atoms with Crippen LogP contribution in [-0.2, 0) is 4.79 Å². The summed E-state index contributed by atoms with van der Waals surface area (Å²) in [5, 5.41) is 0. The molecule has 1 aliphatic heterocycles. The summed E-state index contributed by atoms with van der Waals surface area (Å²) in [6.45, 7) is 2.27. The number of carbonyl (C=O) groups is 1. The fourth-order valence-corrected chi connectivity index (χ4v) is 5.08. The Morgan fingerprint density at radius 3 is 1.66 bits per heavy atom. The summed E-state index contributed by atoms with van der Waals surface area (Å²) in [6.07, 6.45) is 15.0. The fourth-order valence-electron chi connectivity index (χ4n) is 4.03. The smallest absolute Gasteiger partial charge is 0.231 e. The SMILES string of the molecule is CCCCCCCCCCCCCC(=O)N1c2ccccc2Sc2ccccc21. The minimum Gasteiger partial charge on any atom is -0.279 e. The Bertz CT molecular complexity index is 727. The summed E-state index contributed by atoms with van der Waals surface area (Å²) in [5.74, 6) is 0.223. The number of amides is 1. The lowest BCUT2D eigenvalue weighted by molar-refractivity contribution is -0.118. The van der Waals surface area contributed by atoms with Gasteiger partial charge in [0, 0.05) is 16.2 Å². The molecule has 0 atom stereocenters. The second kappa shape index (κ2) is 12.1. The number of hydrogen-bond acceptors (Lipinski definition) is 2. The first-order chi connectivity index (χ1) is 14.3. The Labute approximate surface area is 181 Å². The molecule has 2 aromatic carbocycles. The molecule has 1 heterocycles. The molecule has 0 fully saturated rings. The second-order valence-electron chi connectivity index (χ2n) is 8.05. The van der Waals surface area contributed by atoms with Crippen LogP contribution in [0.3, 0.4) is 0 Å². The van der Waals surface area contributed by atoms with Gasteiger partial charge >= 0.3 is 0 Å². The van der Waals surface area contributed by atoms with Gasteiger partial charge in [0.1, 0.15) is 0 Å². The van der Waals surface area contributed by atoms with Gasteiger partial charge in [0.25, 0.3) is 0 Å². The van der Waals surface area contributed by atoms with E-state index in [4.69, 9.17) is 0 Å². The Morgan fingerprint density at radius 1 is 0.690 bits per heavy atom. The molecule has 3 rings (SSSR count). The first-order valence-corrected chi connectivity index (χ1v) is 12.3. The van der Waals surface area contributed by atoms with E-state index in [1.165, 1.54) is 67.6 Å². The molecule has 0 saturated carbocycles. The Kier molecular flexibility index (Phi) is 9.14. The minimum absolute atomic E-state index is 0.223. The van der Waals surface area contributed by atoms with Crippen LogP contribution in [0.5, 0.6) is 0 Å². The predicted molar refractivity (Wildman–Crippen MR) is 125 cm³/mol. The maximum Gasteiger partial charge on any atom is 0.231 e. The molecule has 1 amide bonds. The largest absolute Gasteiger partial charge is 0.279 e. The average Bonchev–Trinajstić information content (AvgIpc) is 2.75. The van der Waals surface area contributed by atoms with Gasteiger partial charge in [-0.3, -0.25) is 9.69 Å². The van der Waals surface area contributed by atoms with E-state index < -0.39 is 0 Å². The van der Waals surface area contributed by atoms with E-state index in [1.54, 1.807) is 11.8 Å². The van der Waals surface area contributed by atoms with Gasteiger partial charge in [0.05, 0.1) is 11.4 Å². The number of fused-ring (bicyclic) bond motifs is 2. The van der Waals surface area contributed by atoms with Gasteiger partial charge < -0.3 is 0 Å². The lowest BCUT2D eigenvalue weighted by Crippen LogP contribution is -2.28. The van der Waals surface area contributed by atoms with E-state index in [2.05, 4.69) is 31.2 Å². The highest BCUT2D eigenvalue weighted by Crippen LogP contribution is 2.48. The summed E-state index contributed by atoms with van der Waals surface area (Å²) in [7, 11) is 0. The summed E-state index contributed by atoms with van der Waals surface area (Å²) >= 11 is 1.76. The Morgan fingerprint density at radius 2 is 1.14 bits per heavy atom. The highest BCUT2D eigenvalue weighted by Gasteiger charge is 2.27. The molecule has 2 aromatic rings. The molecule has 0 aliphatic carbocycles. The molecule has 2 nitrogen and oxygen atoms in total. The van der Waals surface area contributed by atoms with Gasteiger partial charge in [0.2, 0.25) is 5.91 Å². The van der Waals surface area contributed by atoms with Crippen molar-refractivity contribution in [1.29, 1.82) is 0 Å². The van der Waals surface area contributed by atoms with Crippen LogP contribution in [0.15, 0.2) is 58.3 Å². The number of carbonyl (C=O) groups excluding carboxylic acids is 1. The van der Waals surface area contributed by atoms with Crippen molar-refractivity contribution in [1.82, 2.24) is 0 Å². The zero-order chi connectivity index (χ0) is 20.3. The molecule has 0 spiro atoms. The van der Waals surface area contributed by atoms with Crippen LogP contribution in [-0.4, -0.2) is 5.91 Å². The van der Waals surface area contributed by atoms with Crippen molar-refractivity contribution in [2.45, 2.75) is 93.8 Å². The summed E-state index contributed by atoms with van der Waals surface area (Å²) in [5.41, 5.74) is 2.06. The molecule has 1 aliphatic rings. The third-order valence-corrected chi connectivity index (χ3v) is 6.81. The van der Waals surface area contributed by atoms with Crippen LogP contribution in [0.4, 0.5) is 11.4 Å². The van der Waals surface area contributed by atoms with Gasteiger partial charge in [-0.05, 0) is 30.7 Å². The molecule has 3 heteroatoms. The minimum atomic E-state index is 0.223. The molecule has 0 radical (unpaired) electrons. The third-order valence-electron chi connectivity index (χ3n) is 5.68. The van der Waals surface area contributed by atoms with E-state index >= 15 is 0 Å². The number of rotatable bonds is 12. The molecule has 0 unspecified atom stereocenters. The van der Waals surface area contributed by atoms with Crippen LogP contribution in [0.1, 0.15) is 84.0 Å². The van der Waals surface area contributed by atoms with Crippen LogP contribution in [0.25, 0.3) is 0 Å². The van der Waals surface area contributed by atoms with Gasteiger partial charge in [-0.1, -0.05) is 107 Å². The van der Waals surface area contributed by atoms with Crippen molar-refractivity contribution in [3.63, 3.8) is 0 Å². The standard InChI is InChI=1S/C26H35NOS/c1-2-3-4-5-6-7-8-9-10-11-12-21-26(28)27-22-17-13-15-19-24(22)29-25-20-16-14-18-23(25)27/h13-20H,2-12,21H2,1H3. The van der Waals surface area contributed by atoms with E-state index in [-0.39, 0.29) is 5.91 Å². The van der Waals surface area contributed by atoms with Crippen molar-refractivity contribution >= 4 is 29.0 Å². The lowest BCUT2D eigenvalue weighted by Gasteiger charge is -2.31. The lowest BCUT2D eigenvalue weighted by atomic mass is 10.0. The molecule has 0 aromatic heterocycles. The van der Waals surface area contributed by atoms with Crippen molar-refractivity contribution in [2.24, 2.45) is 0 Å². The molecule has 0 bridgehead atoms. The molecule has 0 N–H and O–H groups in total. The molecule has 156 valence electrons. The van der Waals surface area contributed by atoms with Crippen molar-refractivity contribution < 1.29 is 4.79 Å². The number of anilines is 2. The van der Waals surface area contributed by atoms with Crippen LogP contribution in [0, 0.1) is 0 Å². The Balaban J connectivity index is 1.41. The molecule has 0 saturated heterocycles. The normalized spacial score (nSPS) is 12.5. The van der Waals surface area contributed by atoms with Gasteiger partial charge in [-0.15, -0.1) is 0 Å². The topological polar surface area (TPSA) is 20.3 Å². The number of nitrogens with zero attached hydrogens (tertiary/aromatic N) is 1. The molecule has 29 heavy (non-hydrogen) atoms. The van der Waals surface area contributed by atoms with E-state index in [0.29, 0.717) is 6.42 Å². The molecular weight excluding hydrogens is 374 g/mol. The van der Waals surface area contributed by atoms with Gasteiger partial charge in [-0.25, -0.2) is 0 Å². The summed E-state index contributed by atoms with van der Waals surface area (Å²) in [6, 6.07) is 16.5. The maximum atomic E-state index is 13.1. The monoisotopic (exact) mass is 409 g/mol. The average molecular weight is 410 g/mol. The van der Waals surface area contributed by atoms with Gasteiger partial charge in [-0.2, -0.15) is 0 Å². The number of hydrogen-bond donors (Lipinski definition) is 0. The van der Waals surface area contributed by atoms with Crippen molar-refractivity contribution in [3.8, 4) is 0 Å². The third kappa shape index (κ3) is 6.37. The van der Waals surface area contributed by atoms with Crippen LogP contribution in [0.2, 0.25) is 0 Å². The highest BCUT2D eigenvalue weighted by molar-refractivity contribution is 7.99. The first kappa shape index (κ1) is 22.0. The fraction of sp³-hybridized carbons (Fsp3) is 0.500. The van der Waals surface area contributed by atoms with E-state index in [0.717, 1.165) is 24.2 Å². The predicted octanol–water partition coefficient (Wildman–Crippen LogP) is 8.52. The first-order valence-electron chi connectivity index (χ1n) is 11.5. The van der Waals surface area contributed by atoms with Crippen LogP contribution >= 0.6 is 11.8 Å². The summed E-state index contributed by atoms with van der Waals surface area (Å²) in [4.78, 5) is 17.4. The zero-order valence-corrected chi connectivity index (χ0v) is 18.7. The number of unbranched alkanes of at least 4 members (excludes halogenated alkanes) is 10. The zero-order valence-electron chi connectivity index (χ0n) is 17.9. The van der Waals surface area contributed by atoms with Crippen molar-refractivity contribution in [2.75, 3.05) is 4.90 Å². The maximum absolute atomic E-state index is 13.1. The molecular formula is C26H35NOS. The van der Waals surface area contributed by atoms with E-state index in [1.807, 2.05) is 29.2 Å². The Hall–Kier alpha value is -1.74.